The van der Waals surface area contributed by atoms with E-state index in [9.17, 15) is 4.79 Å². The molecule has 5 aromatic rings. The summed E-state index contributed by atoms with van der Waals surface area (Å²) in [6.07, 6.45) is 3.10. The number of ether oxygens (including phenoxy) is 2. The number of hydrogen-bond acceptors (Lipinski definition) is 8. The zero-order chi connectivity index (χ0) is 28.4. The fourth-order valence-electron chi connectivity index (χ4n) is 4.43. The molecule has 0 saturated heterocycles. The van der Waals surface area contributed by atoms with Gasteiger partial charge in [-0.2, -0.15) is 0 Å². The minimum Gasteiger partial charge on any atom is -0.490 e. The fraction of sp³-hybridized carbons (Fsp3) is 0.167. The first-order chi connectivity index (χ1) is 19.3. The summed E-state index contributed by atoms with van der Waals surface area (Å²) in [7, 11) is 1.93. The average molecular weight is 536 g/mol. The summed E-state index contributed by atoms with van der Waals surface area (Å²) in [6, 6.07) is 15.3. The number of carbonyl (C=O) groups excluding carboxylic acids is 1. The van der Waals surface area contributed by atoms with Crippen molar-refractivity contribution in [2.24, 2.45) is 7.05 Å². The molecule has 0 spiro atoms. The molecule has 0 aliphatic rings. The molecule has 3 N–H and O–H groups in total. The number of anilines is 2. The number of hydrogen-bond donors (Lipinski definition) is 2. The minimum absolute atomic E-state index is 0.232. The number of aryl methyl sites for hydroxylation is 2. The second kappa shape index (κ2) is 10.9. The predicted octanol–water partition coefficient (Wildman–Crippen LogP) is 5.69. The Labute approximate surface area is 231 Å². The van der Waals surface area contributed by atoms with Gasteiger partial charge in [0, 0.05) is 35.8 Å². The molecular formula is C30H29N7O3. The molecule has 0 aliphatic heterocycles. The lowest BCUT2D eigenvalue weighted by molar-refractivity contribution is -0.112. The van der Waals surface area contributed by atoms with Gasteiger partial charge in [0.15, 0.2) is 11.5 Å². The first-order valence-corrected chi connectivity index (χ1v) is 12.7. The lowest BCUT2D eigenvalue weighted by Crippen LogP contribution is -2.11. The highest BCUT2D eigenvalue weighted by Crippen LogP contribution is 2.44. The average Bonchev–Trinajstić information content (AvgIpc) is 3.23. The third-order valence-electron chi connectivity index (χ3n) is 6.31. The highest BCUT2D eigenvalue weighted by atomic mass is 16.5. The maximum absolute atomic E-state index is 12.1. The maximum Gasteiger partial charge on any atom is 0.322 e. The number of nitrogens with zero attached hydrogens (tertiary/aromatic N) is 5. The van der Waals surface area contributed by atoms with Crippen LogP contribution in [-0.4, -0.2) is 37.0 Å². The van der Waals surface area contributed by atoms with E-state index in [4.69, 9.17) is 15.2 Å². The van der Waals surface area contributed by atoms with Gasteiger partial charge in [-0.15, -0.1) is 0 Å². The van der Waals surface area contributed by atoms with Crippen molar-refractivity contribution in [3.05, 3.63) is 78.9 Å². The van der Waals surface area contributed by atoms with Crippen molar-refractivity contribution < 1.29 is 14.3 Å². The van der Waals surface area contributed by atoms with E-state index in [1.807, 2.05) is 67.9 Å². The third-order valence-corrected chi connectivity index (χ3v) is 6.31. The molecule has 0 radical (unpaired) electrons. The number of rotatable bonds is 8. The molecule has 0 aliphatic carbocycles. The molecule has 40 heavy (non-hydrogen) atoms. The van der Waals surface area contributed by atoms with Crippen molar-refractivity contribution in [1.29, 1.82) is 0 Å². The van der Waals surface area contributed by atoms with E-state index in [-0.39, 0.29) is 11.9 Å². The van der Waals surface area contributed by atoms with Gasteiger partial charge < -0.3 is 25.1 Å². The number of fused-ring (bicyclic) bond motifs is 1. The molecule has 0 bridgehead atoms. The van der Waals surface area contributed by atoms with Gasteiger partial charge in [0.1, 0.15) is 17.8 Å². The van der Waals surface area contributed by atoms with Crippen LogP contribution in [0, 0.1) is 6.92 Å². The van der Waals surface area contributed by atoms with Crippen LogP contribution >= 0.6 is 0 Å². The van der Waals surface area contributed by atoms with Crippen molar-refractivity contribution >= 4 is 28.4 Å². The van der Waals surface area contributed by atoms with Crippen molar-refractivity contribution in [3.8, 4) is 39.9 Å². The standard InChI is InChI=1S/C30H29N7O3/c1-6-39-23-15-20(9-12-22(23)40-30-32-14-13-18(4)35-30)24-25-27(31)33-16-34-28(25)37(5)26(24)19-7-10-21(11-8-19)36-29(38)17(2)3/h7-16H,2,6H2,1,3-5H3,(H,36,38)(H2,31,33,34). The van der Waals surface area contributed by atoms with Crippen molar-refractivity contribution in [2.75, 3.05) is 17.7 Å². The molecule has 5 rings (SSSR count). The normalized spacial score (nSPS) is 10.9. The van der Waals surface area contributed by atoms with Gasteiger partial charge in [-0.25, -0.2) is 19.9 Å². The minimum atomic E-state index is -0.233. The van der Waals surface area contributed by atoms with Gasteiger partial charge in [-0.1, -0.05) is 24.8 Å². The van der Waals surface area contributed by atoms with Crippen molar-refractivity contribution in [2.45, 2.75) is 20.8 Å². The Morgan fingerprint density at radius 1 is 1.05 bits per heavy atom. The van der Waals surface area contributed by atoms with Gasteiger partial charge in [-0.3, -0.25) is 4.79 Å². The molecule has 3 heterocycles. The largest absolute Gasteiger partial charge is 0.490 e. The van der Waals surface area contributed by atoms with Crippen LogP contribution in [0.3, 0.4) is 0 Å². The molecule has 0 saturated carbocycles. The van der Waals surface area contributed by atoms with E-state index < -0.39 is 0 Å². The third kappa shape index (κ3) is 5.06. The number of amides is 1. The van der Waals surface area contributed by atoms with E-state index in [1.165, 1.54) is 6.33 Å². The summed E-state index contributed by atoms with van der Waals surface area (Å²) in [5, 5.41) is 3.56. The number of benzene rings is 2. The molecule has 10 heteroatoms. The van der Waals surface area contributed by atoms with Crippen molar-refractivity contribution in [3.63, 3.8) is 0 Å². The highest BCUT2D eigenvalue weighted by molar-refractivity contribution is 6.08. The van der Waals surface area contributed by atoms with E-state index >= 15 is 0 Å². The zero-order valence-corrected chi connectivity index (χ0v) is 22.7. The Morgan fingerprint density at radius 2 is 1.80 bits per heavy atom. The van der Waals surface area contributed by atoms with E-state index in [2.05, 4.69) is 31.8 Å². The quantitative estimate of drug-likeness (QED) is 0.242. The van der Waals surface area contributed by atoms with E-state index in [1.54, 1.807) is 19.2 Å². The number of aromatic nitrogens is 5. The first kappa shape index (κ1) is 26.4. The van der Waals surface area contributed by atoms with Crippen LogP contribution in [0.1, 0.15) is 19.5 Å². The monoisotopic (exact) mass is 535 g/mol. The molecule has 3 aromatic heterocycles. The number of nitrogens with two attached hydrogens (primary N) is 1. The van der Waals surface area contributed by atoms with Crippen LogP contribution in [0.4, 0.5) is 11.5 Å². The van der Waals surface area contributed by atoms with Gasteiger partial charge in [0.2, 0.25) is 0 Å². The van der Waals surface area contributed by atoms with Gasteiger partial charge in [0.25, 0.3) is 5.91 Å². The summed E-state index contributed by atoms with van der Waals surface area (Å²) in [5.41, 5.74) is 12.4. The first-order valence-electron chi connectivity index (χ1n) is 12.7. The molecular weight excluding hydrogens is 506 g/mol. The Morgan fingerprint density at radius 3 is 2.50 bits per heavy atom. The van der Waals surface area contributed by atoms with Crippen LogP contribution in [0.5, 0.6) is 17.5 Å². The molecule has 0 unspecified atom stereocenters. The van der Waals surface area contributed by atoms with E-state index in [0.29, 0.717) is 40.8 Å². The molecule has 2 aromatic carbocycles. The Hall–Kier alpha value is -5.25. The number of nitrogen functional groups attached to an aromatic ring is 1. The van der Waals surface area contributed by atoms with Crippen LogP contribution in [0.25, 0.3) is 33.4 Å². The second-order valence-electron chi connectivity index (χ2n) is 9.23. The Kier molecular flexibility index (Phi) is 7.15. The summed E-state index contributed by atoms with van der Waals surface area (Å²) in [6.45, 7) is 9.56. The summed E-state index contributed by atoms with van der Waals surface area (Å²) in [4.78, 5) is 29.4. The molecule has 10 nitrogen and oxygen atoms in total. The SMILES string of the molecule is C=C(C)C(=O)Nc1ccc(-c2c(-c3ccc(Oc4nccc(C)n4)c(OCC)c3)c3c(N)ncnc3n2C)cc1. The smallest absolute Gasteiger partial charge is 0.322 e. The summed E-state index contributed by atoms with van der Waals surface area (Å²) >= 11 is 0. The summed E-state index contributed by atoms with van der Waals surface area (Å²) < 4.78 is 13.9. The predicted molar refractivity (Wildman–Crippen MR) is 155 cm³/mol. The van der Waals surface area contributed by atoms with Crippen molar-refractivity contribution in [1.82, 2.24) is 24.5 Å². The zero-order valence-electron chi connectivity index (χ0n) is 22.7. The van der Waals surface area contributed by atoms with Crippen LogP contribution in [0.15, 0.2) is 73.2 Å². The fourth-order valence-corrected chi connectivity index (χ4v) is 4.43. The van der Waals surface area contributed by atoms with E-state index in [0.717, 1.165) is 33.5 Å². The second-order valence-corrected chi connectivity index (χ2v) is 9.23. The van der Waals surface area contributed by atoms with Crippen LogP contribution < -0.4 is 20.5 Å². The Balaban J connectivity index is 1.65. The summed E-state index contributed by atoms with van der Waals surface area (Å²) in [5.74, 6) is 1.14. The topological polar surface area (TPSA) is 130 Å². The van der Waals surface area contributed by atoms with Gasteiger partial charge >= 0.3 is 6.01 Å². The van der Waals surface area contributed by atoms with Crippen LogP contribution in [0.2, 0.25) is 0 Å². The maximum atomic E-state index is 12.1. The van der Waals surface area contributed by atoms with Crippen LogP contribution in [-0.2, 0) is 11.8 Å². The lowest BCUT2D eigenvalue weighted by Gasteiger charge is -2.14. The molecule has 0 atom stereocenters. The number of carbonyl (C=O) groups is 1. The Bertz CT molecular complexity index is 1740. The van der Waals surface area contributed by atoms with Gasteiger partial charge in [-0.05, 0) is 62.2 Å². The lowest BCUT2D eigenvalue weighted by atomic mass is 9.98. The van der Waals surface area contributed by atoms with Gasteiger partial charge in [0.05, 0.1) is 17.7 Å². The molecule has 0 fully saturated rings. The number of nitrogens with one attached hydrogen (secondary N) is 1. The molecule has 1 amide bonds. The highest BCUT2D eigenvalue weighted by Gasteiger charge is 2.23. The molecule has 202 valence electrons.